The summed E-state index contributed by atoms with van der Waals surface area (Å²) in [6, 6.07) is 21.0. The number of thiophene rings is 1. The van der Waals surface area contributed by atoms with Crippen molar-refractivity contribution in [1.29, 1.82) is 0 Å². The topological polar surface area (TPSA) is 41.4 Å². The summed E-state index contributed by atoms with van der Waals surface area (Å²) in [6.07, 6.45) is 0. The third-order valence-electron chi connectivity index (χ3n) is 6.00. The Labute approximate surface area is 186 Å². The number of aryl methyl sites for hydroxylation is 2. The van der Waals surface area contributed by atoms with Crippen molar-refractivity contribution in [3.05, 3.63) is 76.8 Å². The summed E-state index contributed by atoms with van der Waals surface area (Å²) in [5.41, 5.74) is 4.46. The van der Waals surface area contributed by atoms with Crippen LogP contribution in [0.15, 0.2) is 60.7 Å². The molecule has 158 valence electrons. The number of para-hydroxylation sites is 1. The third-order valence-corrected chi connectivity index (χ3v) is 7.10. The molecule has 4 aromatic rings. The number of carbonyl (C=O) groups excluding carboxylic acids is 1. The van der Waals surface area contributed by atoms with Gasteiger partial charge in [-0.25, -0.2) is 4.68 Å². The van der Waals surface area contributed by atoms with Gasteiger partial charge in [0.1, 0.15) is 4.83 Å². The lowest BCUT2D eigenvalue weighted by molar-refractivity contribution is 0.0731. The maximum Gasteiger partial charge on any atom is 0.264 e. The number of benzene rings is 2. The normalized spacial score (nSPS) is 16.8. The molecule has 3 heterocycles. The Morgan fingerprint density at radius 2 is 1.77 bits per heavy atom. The molecule has 0 N–H and O–H groups in total. The van der Waals surface area contributed by atoms with E-state index in [1.54, 1.807) is 0 Å². The molecule has 5 rings (SSSR count). The van der Waals surface area contributed by atoms with Gasteiger partial charge >= 0.3 is 0 Å². The minimum atomic E-state index is 0.121. The van der Waals surface area contributed by atoms with E-state index in [4.69, 9.17) is 5.10 Å². The van der Waals surface area contributed by atoms with Crippen LogP contribution in [0.1, 0.15) is 27.9 Å². The average Bonchev–Trinajstić information content (AvgIpc) is 3.34. The van der Waals surface area contributed by atoms with Crippen molar-refractivity contribution < 1.29 is 4.79 Å². The number of carbonyl (C=O) groups is 1. The van der Waals surface area contributed by atoms with Gasteiger partial charge in [0.15, 0.2) is 0 Å². The molecule has 1 aliphatic heterocycles. The summed E-state index contributed by atoms with van der Waals surface area (Å²) in [5, 5.41) is 5.75. The van der Waals surface area contributed by atoms with E-state index in [1.165, 1.54) is 22.6 Å². The molecule has 1 saturated heterocycles. The van der Waals surface area contributed by atoms with Gasteiger partial charge in [0.25, 0.3) is 5.91 Å². The van der Waals surface area contributed by atoms with Crippen molar-refractivity contribution in [2.24, 2.45) is 0 Å². The number of aromatic nitrogens is 2. The van der Waals surface area contributed by atoms with Gasteiger partial charge in [-0.15, -0.1) is 11.3 Å². The maximum absolute atomic E-state index is 13.4. The van der Waals surface area contributed by atoms with Crippen LogP contribution in [-0.2, 0) is 0 Å². The van der Waals surface area contributed by atoms with E-state index in [0.717, 1.165) is 46.1 Å². The van der Waals surface area contributed by atoms with E-state index < -0.39 is 0 Å². The highest BCUT2D eigenvalue weighted by Gasteiger charge is 2.29. The second-order valence-electron chi connectivity index (χ2n) is 8.29. The molecular formula is C25H26N4OS. The summed E-state index contributed by atoms with van der Waals surface area (Å²) in [6.45, 7) is 8.63. The van der Waals surface area contributed by atoms with Gasteiger partial charge in [-0.05, 0) is 56.7 Å². The van der Waals surface area contributed by atoms with Crippen LogP contribution in [0, 0.1) is 13.8 Å². The Morgan fingerprint density at radius 1 is 1.00 bits per heavy atom. The lowest BCUT2D eigenvalue weighted by Gasteiger charge is -2.41. The van der Waals surface area contributed by atoms with E-state index in [2.05, 4.69) is 43.0 Å². The zero-order valence-corrected chi connectivity index (χ0v) is 18.9. The zero-order valence-electron chi connectivity index (χ0n) is 18.1. The number of hydrogen-bond acceptors (Lipinski definition) is 4. The molecule has 1 aliphatic rings. The molecule has 2 aromatic heterocycles. The van der Waals surface area contributed by atoms with Crippen molar-refractivity contribution in [3.8, 4) is 5.69 Å². The van der Waals surface area contributed by atoms with Crippen molar-refractivity contribution >= 4 is 33.1 Å². The third kappa shape index (κ3) is 3.61. The van der Waals surface area contributed by atoms with Crippen LogP contribution in [0.25, 0.3) is 15.9 Å². The lowest BCUT2D eigenvalue weighted by Crippen LogP contribution is -2.53. The molecule has 0 unspecified atom stereocenters. The van der Waals surface area contributed by atoms with Gasteiger partial charge in [0.2, 0.25) is 0 Å². The first-order valence-electron chi connectivity index (χ1n) is 10.7. The number of anilines is 1. The number of fused-ring (bicyclic) bond motifs is 1. The van der Waals surface area contributed by atoms with Crippen molar-refractivity contribution in [1.82, 2.24) is 14.7 Å². The van der Waals surface area contributed by atoms with Crippen LogP contribution in [0.5, 0.6) is 0 Å². The predicted molar refractivity (Wildman–Crippen MR) is 128 cm³/mol. The van der Waals surface area contributed by atoms with Crippen LogP contribution in [0.4, 0.5) is 5.69 Å². The van der Waals surface area contributed by atoms with Gasteiger partial charge in [-0.2, -0.15) is 5.10 Å². The number of rotatable bonds is 3. The Morgan fingerprint density at radius 3 is 2.52 bits per heavy atom. The highest BCUT2D eigenvalue weighted by molar-refractivity contribution is 7.20. The molecule has 1 atom stereocenters. The van der Waals surface area contributed by atoms with Gasteiger partial charge < -0.3 is 9.80 Å². The van der Waals surface area contributed by atoms with Crippen LogP contribution >= 0.6 is 11.3 Å². The fourth-order valence-corrected chi connectivity index (χ4v) is 5.54. The Kier molecular flexibility index (Phi) is 5.02. The van der Waals surface area contributed by atoms with Crippen LogP contribution < -0.4 is 4.90 Å². The number of nitrogens with zero attached hydrogens (tertiary/aromatic N) is 4. The molecule has 1 fully saturated rings. The molecule has 0 radical (unpaired) electrons. The molecule has 1 amide bonds. The summed E-state index contributed by atoms with van der Waals surface area (Å²) in [5.74, 6) is 0.121. The number of piperazine rings is 1. The summed E-state index contributed by atoms with van der Waals surface area (Å²) in [7, 11) is 0. The molecule has 0 aliphatic carbocycles. The number of hydrogen-bond donors (Lipinski definition) is 0. The Balaban J connectivity index is 1.38. The van der Waals surface area contributed by atoms with Gasteiger partial charge in [-0.3, -0.25) is 4.79 Å². The van der Waals surface area contributed by atoms with Crippen LogP contribution in [0.3, 0.4) is 0 Å². The van der Waals surface area contributed by atoms with Gasteiger partial charge in [0.05, 0.1) is 16.3 Å². The van der Waals surface area contributed by atoms with Crippen molar-refractivity contribution in [2.45, 2.75) is 26.8 Å². The standard InChI is InChI=1S/C25H26N4OS/c1-17-8-7-11-21(14-17)28-13-12-27(16-18(28)2)24(30)23-15-22-19(3)26-29(25(22)31-23)20-9-5-4-6-10-20/h4-11,14-15,18H,12-13,16H2,1-3H3/t18-/m0/s1. The second kappa shape index (κ2) is 7.85. The van der Waals surface area contributed by atoms with E-state index in [0.29, 0.717) is 0 Å². The summed E-state index contributed by atoms with van der Waals surface area (Å²) < 4.78 is 1.95. The van der Waals surface area contributed by atoms with E-state index in [1.807, 2.05) is 52.9 Å². The average molecular weight is 431 g/mol. The second-order valence-corrected chi connectivity index (χ2v) is 9.33. The lowest BCUT2D eigenvalue weighted by atomic mass is 10.1. The Hall–Kier alpha value is -3.12. The molecule has 0 bridgehead atoms. The van der Waals surface area contributed by atoms with E-state index in [9.17, 15) is 4.79 Å². The molecule has 6 heteroatoms. The van der Waals surface area contributed by atoms with Gasteiger partial charge in [-0.1, -0.05) is 30.3 Å². The number of amides is 1. The maximum atomic E-state index is 13.4. The van der Waals surface area contributed by atoms with Crippen LogP contribution in [-0.4, -0.2) is 46.3 Å². The first kappa shape index (κ1) is 19.8. The van der Waals surface area contributed by atoms with E-state index in [-0.39, 0.29) is 11.9 Å². The quantitative estimate of drug-likeness (QED) is 0.456. The highest BCUT2D eigenvalue weighted by atomic mass is 32.1. The van der Waals surface area contributed by atoms with Crippen molar-refractivity contribution in [2.75, 3.05) is 24.5 Å². The molecule has 0 saturated carbocycles. The SMILES string of the molecule is Cc1cccc(N2CCN(C(=O)c3cc4c(C)nn(-c5ccccc5)c4s3)C[C@@H]2C)c1. The van der Waals surface area contributed by atoms with Crippen LogP contribution in [0.2, 0.25) is 0 Å². The first-order chi connectivity index (χ1) is 15.0. The fraction of sp³-hybridized carbons (Fsp3) is 0.280. The monoisotopic (exact) mass is 430 g/mol. The first-order valence-corrected chi connectivity index (χ1v) is 11.5. The van der Waals surface area contributed by atoms with Gasteiger partial charge in [0, 0.05) is 36.7 Å². The predicted octanol–water partition coefficient (Wildman–Crippen LogP) is 5.05. The largest absolute Gasteiger partial charge is 0.365 e. The fourth-order valence-electron chi connectivity index (χ4n) is 4.38. The summed E-state index contributed by atoms with van der Waals surface area (Å²) in [4.78, 5) is 19.6. The molecular weight excluding hydrogens is 404 g/mol. The molecule has 5 nitrogen and oxygen atoms in total. The van der Waals surface area contributed by atoms with Crippen molar-refractivity contribution in [3.63, 3.8) is 0 Å². The Bertz CT molecular complexity index is 1240. The minimum Gasteiger partial charge on any atom is -0.365 e. The van der Waals surface area contributed by atoms with E-state index >= 15 is 0 Å². The minimum absolute atomic E-state index is 0.121. The summed E-state index contributed by atoms with van der Waals surface area (Å²) >= 11 is 1.54. The zero-order chi connectivity index (χ0) is 21.5. The molecule has 0 spiro atoms. The molecule has 31 heavy (non-hydrogen) atoms. The molecule has 2 aromatic carbocycles. The smallest absolute Gasteiger partial charge is 0.264 e. The highest BCUT2D eigenvalue weighted by Crippen LogP contribution is 2.32.